The fraction of sp³-hybridized carbons (Fsp3) is 0.650. The number of carboxylic acid groups (broad SMARTS) is 1. The molecule has 1 saturated heterocycles. The first-order chi connectivity index (χ1) is 9.41. The predicted molar refractivity (Wildman–Crippen MR) is 104 cm³/mol. The summed E-state index contributed by atoms with van der Waals surface area (Å²) >= 11 is 0. The number of hydrogen-bond donors (Lipinski definition) is 1. The summed E-state index contributed by atoms with van der Waals surface area (Å²) in [7, 11) is 0. The number of carbonyl (C=O) groups is 1. The number of hydrogen-bond acceptors (Lipinski definition) is 2. The van der Waals surface area contributed by atoms with Crippen molar-refractivity contribution in [1.29, 1.82) is 0 Å². The van der Waals surface area contributed by atoms with Gasteiger partial charge in [-0.1, -0.05) is 48.3 Å². The smallest absolute Gasteiger partial charge is 0.335 e. The van der Waals surface area contributed by atoms with Crippen molar-refractivity contribution in [3.05, 3.63) is 35.4 Å². The number of likely N-dealkylation sites (tertiary alicyclic amines) is 1. The summed E-state index contributed by atoms with van der Waals surface area (Å²) in [5, 5.41) is 8.61. The van der Waals surface area contributed by atoms with Gasteiger partial charge >= 0.3 is 5.97 Å². The van der Waals surface area contributed by atoms with Crippen molar-refractivity contribution in [2.24, 2.45) is 0 Å². The molecule has 1 N–H and O–H groups in total. The molecule has 1 heterocycles. The Bertz CT molecular complexity index is 410. The van der Waals surface area contributed by atoms with Crippen molar-refractivity contribution in [2.75, 3.05) is 13.1 Å². The van der Waals surface area contributed by atoms with Crippen molar-refractivity contribution >= 4 is 5.97 Å². The van der Waals surface area contributed by atoms with Crippen LogP contribution in [0.25, 0.3) is 0 Å². The molecule has 3 nitrogen and oxygen atoms in total. The maximum absolute atomic E-state index is 10.5. The van der Waals surface area contributed by atoms with Crippen molar-refractivity contribution in [3.8, 4) is 0 Å². The average Bonchev–Trinajstić information content (AvgIpc) is 2.93. The topological polar surface area (TPSA) is 40.5 Å². The molecule has 0 bridgehead atoms. The molecule has 0 atom stereocenters. The SMILES string of the molecule is C.C.C.CC(C)N1CCCC1.CC(C)c1ccc(C(=O)O)cc1.[Y]. The quantitative estimate of drug-likeness (QED) is 0.669. The molecule has 1 fully saturated rings. The summed E-state index contributed by atoms with van der Waals surface area (Å²) < 4.78 is 0. The van der Waals surface area contributed by atoms with Gasteiger partial charge in [-0.25, -0.2) is 4.79 Å². The molecule has 1 aliphatic rings. The van der Waals surface area contributed by atoms with Gasteiger partial charge in [0.25, 0.3) is 0 Å². The fourth-order valence-corrected chi connectivity index (χ4v) is 2.27. The van der Waals surface area contributed by atoms with Crippen molar-refractivity contribution in [3.63, 3.8) is 0 Å². The third-order valence-corrected chi connectivity index (χ3v) is 3.70. The average molecular weight is 414 g/mol. The van der Waals surface area contributed by atoms with Gasteiger partial charge in [-0.15, -0.1) is 0 Å². The second kappa shape index (κ2) is 16.2. The van der Waals surface area contributed by atoms with Crippen molar-refractivity contribution < 1.29 is 42.6 Å². The Labute approximate surface area is 176 Å². The molecule has 1 aliphatic heterocycles. The van der Waals surface area contributed by atoms with E-state index in [0.717, 1.165) is 6.04 Å². The Kier molecular flexibility index (Phi) is 21.3. The molecular weight excluding hydrogens is 375 g/mol. The first-order valence-corrected chi connectivity index (χ1v) is 7.49. The maximum Gasteiger partial charge on any atom is 0.335 e. The second-order valence-electron chi connectivity index (χ2n) is 5.92. The molecule has 1 radical (unpaired) electrons. The van der Waals surface area contributed by atoms with Crippen molar-refractivity contribution in [1.82, 2.24) is 4.90 Å². The summed E-state index contributed by atoms with van der Waals surface area (Å²) in [5.74, 6) is -0.418. The van der Waals surface area contributed by atoms with Crippen LogP contribution in [0.2, 0.25) is 0 Å². The third-order valence-electron chi connectivity index (χ3n) is 3.70. The summed E-state index contributed by atoms with van der Waals surface area (Å²) in [5.41, 5.74) is 1.51. The minimum Gasteiger partial charge on any atom is -0.478 e. The van der Waals surface area contributed by atoms with Crippen LogP contribution in [0.3, 0.4) is 0 Å². The Morgan fingerprint density at radius 2 is 1.38 bits per heavy atom. The van der Waals surface area contributed by atoms with Gasteiger partial charge in [0.2, 0.25) is 0 Å². The van der Waals surface area contributed by atoms with E-state index in [1.807, 2.05) is 12.1 Å². The van der Waals surface area contributed by atoms with E-state index in [2.05, 4.69) is 32.6 Å². The first kappa shape index (κ1) is 31.5. The molecule has 0 aromatic heterocycles. The summed E-state index contributed by atoms with van der Waals surface area (Å²) in [6, 6.07) is 7.76. The van der Waals surface area contributed by atoms with Crippen LogP contribution in [-0.2, 0) is 32.7 Å². The van der Waals surface area contributed by atoms with Gasteiger partial charge in [0.05, 0.1) is 5.56 Å². The molecule has 1 aromatic rings. The van der Waals surface area contributed by atoms with E-state index in [9.17, 15) is 4.79 Å². The van der Waals surface area contributed by atoms with Gasteiger partial charge in [-0.2, -0.15) is 0 Å². The molecule has 1 aromatic carbocycles. The van der Waals surface area contributed by atoms with Crippen LogP contribution in [0.15, 0.2) is 24.3 Å². The zero-order chi connectivity index (χ0) is 15.1. The number of rotatable bonds is 3. The molecule has 139 valence electrons. The minimum atomic E-state index is -0.870. The minimum absolute atomic E-state index is 0. The predicted octanol–water partition coefficient (Wildman–Crippen LogP) is 5.90. The largest absolute Gasteiger partial charge is 0.478 e. The van der Waals surface area contributed by atoms with E-state index in [1.165, 1.54) is 31.5 Å². The van der Waals surface area contributed by atoms with Gasteiger partial charge in [0.1, 0.15) is 0 Å². The fourth-order valence-electron chi connectivity index (χ4n) is 2.27. The van der Waals surface area contributed by atoms with Crippen LogP contribution in [0.5, 0.6) is 0 Å². The zero-order valence-corrected chi connectivity index (χ0v) is 16.5. The molecule has 4 heteroatoms. The molecule has 0 spiro atoms. The first-order valence-electron chi connectivity index (χ1n) is 7.49. The standard InChI is InChI=1S/C10H12O2.C7H15N.3CH4.Y/c1-7(2)8-3-5-9(6-4-8)10(11)12;1-7(2)8-5-3-4-6-8;;;;/h3-7H,1-2H3,(H,11,12);7H,3-6H2,1-2H3;3*1H4;. The summed E-state index contributed by atoms with van der Waals surface area (Å²) in [4.78, 5) is 13.0. The molecule has 0 aliphatic carbocycles. The Morgan fingerprint density at radius 1 is 0.958 bits per heavy atom. The zero-order valence-electron chi connectivity index (χ0n) is 13.7. The number of carboxylic acids is 1. The molecule has 24 heavy (non-hydrogen) atoms. The van der Waals surface area contributed by atoms with Crippen LogP contribution >= 0.6 is 0 Å². The molecule has 0 unspecified atom stereocenters. The van der Waals surface area contributed by atoms with Crippen LogP contribution in [-0.4, -0.2) is 35.1 Å². The molecule has 0 saturated carbocycles. The van der Waals surface area contributed by atoms with Crippen LogP contribution in [0.4, 0.5) is 0 Å². The summed E-state index contributed by atoms with van der Waals surface area (Å²) in [6.45, 7) is 11.4. The van der Waals surface area contributed by atoms with Gasteiger partial charge in [-0.05, 0) is 63.4 Å². The Balaban J connectivity index is -0.000000150. The third kappa shape index (κ3) is 11.3. The van der Waals surface area contributed by atoms with Crippen LogP contribution in [0.1, 0.15) is 84.7 Å². The van der Waals surface area contributed by atoms with Gasteiger partial charge < -0.3 is 10.0 Å². The number of benzene rings is 1. The van der Waals surface area contributed by atoms with E-state index in [4.69, 9.17) is 5.11 Å². The van der Waals surface area contributed by atoms with E-state index in [1.54, 1.807) is 12.1 Å². The van der Waals surface area contributed by atoms with Gasteiger partial charge in [0.15, 0.2) is 0 Å². The second-order valence-corrected chi connectivity index (χ2v) is 5.92. The van der Waals surface area contributed by atoms with E-state index in [0.29, 0.717) is 11.5 Å². The normalized spacial score (nSPS) is 12.8. The van der Waals surface area contributed by atoms with Gasteiger partial charge in [-0.3, -0.25) is 0 Å². The molecular formula is C20H39NO2Y. The van der Waals surface area contributed by atoms with E-state index < -0.39 is 5.97 Å². The monoisotopic (exact) mass is 414 g/mol. The number of nitrogens with zero attached hydrogens (tertiary/aromatic N) is 1. The Morgan fingerprint density at radius 3 is 1.62 bits per heavy atom. The Hall–Kier alpha value is -0.246. The van der Waals surface area contributed by atoms with Crippen LogP contribution < -0.4 is 0 Å². The van der Waals surface area contributed by atoms with Gasteiger partial charge in [0, 0.05) is 38.8 Å². The van der Waals surface area contributed by atoms with E-state index >= 15 is 0 Å². The summed E-state index contributed by atoms with van der Waals surface area (Å²) in [6.07, 6.45) is 2.83. The van der Waals surface area contributed by atoms with E-state index in [-0.39, 0.29) is 55.0 Å². The molecule has 2 rings (SSSR count). The number of aromatic carboxylic acids is 1. The molecule has 0 amide bonds. The van der Waals surface area contributed by atoms with Crippen LogP contribution in [0, 0.1) is 0 Å². The van der Waals surface area contributed by atoms with Crippen molar-refractivity contribution in [2.45, 2.75) is 74.8 Å². The maximum atomic E-state index is 10.5.